The van der Waals surface area contributed by atoms with E-state index in [0.717, 1.165) is 12.0 Å². The maximum atomic E-state index is 12.0. The summed E-state index contributed by atoms with van der Waals surface area (Å²) in [6.07, 6.45) is 3.48. The van der Waals surface area contributed by atoms with E-state index in [9.17, 15) is 4.79 Å². The van der Waals surface area contributed by atoms with Crippen molar-refractivity contribution in [2.75, 3.05) is 6.54 Å². The van der Waals surface area contributed by atoms with E-state index in [1.165, 1.54) is 18.4 Å². The van der Waals surface area contributed by atoms with Gasteiger partial charge >= 0.3 is 0 Å². The van der Waals surface area contributed by atoms with Crippen molar-refractivity contribution in [3.8, 4) is 0 Å². The van der Waals surface area contributed by atoms with Crippen LogP contribution in [-0.2, 0) is 6.42 Å². The molecular weight excluding hydrogens is 210 g/mol. The van der Waals surface area contributed by atoms with Crippen LogP contribution in [0.4, 0.5) is 0 Å². The molecule has 0 spiro atoms. The largest absolute Gasteiger partial charge is 0.307 e. The van der Waals surface area contributed by atoms with Crippen LogP contribution in [0.15, 0.2) is 24.3 Å². The third-order valence-electron chi connectivity index (χ3n) is 3.02. The summed E-state index contributed by atoms with van der Waals surface area (Å²) in [5.41, 5.74) is 2.11. The molecule has 17 heavy (non-hydrogen) atoms. The van der Waals surface area contributed by atoms with E-state index in [2.05, 4.69) is 25.2 Å². The zero-order valence-electron chi connectivity index (χ0n) is 10.7. The first-order chi connectivity index (χ1) is 8.15. The number of hydrogen-bond acceptors (Lipinski definition) is 2. The second-order valence-electron chi connectivity index (χ2n) is 5.38. The van der Waals surface area contributed by atoms with Crippen molar-refractivity contribution in [3.63, 3.8) is 0 Å². The molecule has 1 N–H and O–H groups in total. The van der Waals surface area contributed by atoms with Gasteiger partial charge in [-0.2, -0.15) is 0 Å². The second kappa shape index (κ2) is 5.46. The molecule has 1 aromatic rings. The van der Waals surface area contributed by atoms with Crippen molar-refractivity contribution in [2.24, 2.45) is 5.92 Å². The van der Waals surface area contributed by atoms with Crippen LogP contribution in [0.25, 0.3) is 0 Å². The molecule has 2 rings (SSSR count). The molecule has 2 nitrogen and oxygen atoms in total. The third-order valence-corrected chi connectivity index (χ3v) is 3.02. The summed E-state index contributed by atoms with van der Waals surface area (Å²) in [5.74, 6) is 0.840. The number of carbonyl (C=O) groups excluding carboxylic acids is 1. The van der Waals surface area contributed by atoms with Gasteiger partial charge in [-0.3, -0.25) is 4.79 Å². The molecule has 0 aromatic heterocycles. The Kier molecular flexibility index (Phi) is 3.95. The molecule has 1 aliphatic carbocycles. The summed E-state index contributed by atoms with van der Waals surface area (Å²) < 4.78 is 0. The Morgan fingerprint density at radius 3 is 2.82 bits per heavy atom. The van der Waals surface area contributed by atoms with Gasteiger partial charge in [0.05, 0.1) is 6.54 Å². The van der Waals surface area contributed by atoms with Crippen molar-refractivity contribution in [2.45, 2.75) is 39.2 Å². The minimum absolute atomic E-state index is 0.211. The van der Waals surface area contributed by atoms with Gasteiger partial charge in [-0.1, -0.05) is 32.0 Å². The first-order valence-electron chi connectivity index (χ1n) is 6.50. The van der Waals surface area contributed by atoms with Gasteiger partial charge in [-0.25, -0.2) is 0 Å². The maximum absolute atomic E-state index is 12.0. The van der Waals surface area contributed by atoms with E-state index in [1.54, 1.807) is 0 Å². The lowest BCUT2D eigenvalue weighted by Crippen LogP contribution is -2.24. The minimum Gasteiger partial charge on any atom is -0.307 e. The number of carbonyl (C=O) groups is 1. The first-order valence-corrected chi connectivity index (χ1v) is 6.50. The van der Waals surface area contributed by atoms with Gasteiger partial charge in [-0.15, -0.1) is 0 Å². The van der Waals surface area contributed by atoms with Gasteiger partial charge in [0.15, 0.2) is 5.78 Å². The Balaban J connectivity index is 1.95. The highest BCUT2D eigenvalue weighted by atomic mass is 16.1. The lowest BCUT2D eigenvalue weighted by atomic mass is 10.00. The molecule has 0 aliphatic heterocycles. The summed E-state index contributed by atoms with van der Waals surface area (Å²) >= 11 is 0. The number of hydrogen-bond donors (Lipinski definition) is 1. The highest BCUT2D eigenvalue weighted by Gasteiger charge is 2.21. The average Bonchev–Trinajstić information content (AvgIpc) is 3.09. The Hall–Kier alpha value is -1.15. The predicted molar refractivity (Wildman–Crippen MR) is 70.3 cm³/mol. The molecule has 0 saturated heterocycles. The van der Waals surface area contributed by atoms with Crippen molar-refractivity contribution in [1.29, 1.82) is 0 Å². The molecule has 0 bridgehead atoms. The van der Waals surface area contributed by atoms with E-state index in [0.29, 0.717) is 18.5 Å². The smallest absolute Gasteiger partial charge is 0.176 e. The fourth-order valence-corrected chi connectivity index (χ4v) is 1.97. The SMILES string of the molecule is CC(C)Cc1cccc(C(=O)CNC2CC2)c1. The highest BCUT2D eigenvalue weighted by Crippen LogP contribution is 2.18. The zero-order valence-corrected chi connectivity index (χ0v) is 10.7. The number of rotatable bonds is 6. The molecule has 0 atom stereocenters. The van der Waals surface area contributed by atoms with Gasteiger partial charge in [0, 0.05) is 11.6 Å². The maximum Gasteiger partial charge on any atom is 0.176 e. The molecule has 1 aromatic carbocycles. The predicted octanol–water partition coefficient (Wildman–Crippen LogP) is 2.82. The van der Waals surface area contributed by atoms with Crippen LogP contribution in [0.1, 0.15) is 42.6 Å². The van der Waals surface area contributed by atoms with Gasteiger partial charge in [0.1, 0.15) is 0 Å². The number of nitrogens with one attached hydrogen (secondary N) is 1. The fourth-order valence-electron chi connectivity index (χ4n) is 1.97. The quantitative estimate of drug-likeness (QED) is 0.763. The highest BCUT2D eigenvalue weighted by molar-refractivity contribution is 5.97. The van der Waals surface area contributed by atoms with E-state index < -0.39 is 0 Å². The molecular formula is C15H21NO. The average molecular weight is 231 g/mol. The van der Waals surface area contributed by atoms with Crippen molar-refractivity contribution in [1.82, 2.24) is 5.32 Å². The van der Waals surface area contributed by atoms with E-state index in [-0.39, 0.29) is 5.78 Å². The van der Waals surface area contributed by atoms with Crippen molar-refractivity contribution >= 4 is 5.78 Å². The fraction of sp³-hybridized carbons (Fsp3) is 0.533. The summed E-state index contributed by atoms with van der Waals surface area (Å²) in [5, 5.41) is 3.27. The van der Waals surface area contributed by atoms with Crippen LogP contribution in [0.2, 0.25) is 0 Å². The van der Waals surface area contributed by atoms with Crippen molar-refractivity contribution < 1.29 is 4.79 Å². The van der Waals surface area contributed by atoms with E-state index in [4.69, 9.17) is 0 Å². The monoisotopic (exact) mass is 231 g/mol. The summed E-state index contributed by atoms with van der Waals surface area (Å²) in [7, 11) is 0. The summed E-state index contributed by atoms with van der Waals surface area (Å²) in [6.45, 7) is 4.88. The Bertz CT molecular complexity index is 394. The standard InChI is InChI=1S/C15H21NO/c1-11(2)8-12-4-3-5-13(9-12)15(17)10-16-14-6-7-14/h3-5,9,11,14,16H,6-8,10H2,1-2H3. The van der Waals surface area contributed by atoms with Gasteiger partial charge < -0.3 is 5.32 Å². The van der Waals surface area contributed by atoms with Crippen LogP contribution < -0.4 is 5.32 Å². The van der Waals surface area contributed by atoms with Gasteiger partial charge in [-0.05, 0) is 36.8 Å². The molecule has 1 fully saturated rings. The van der Waals surface area contributed by atoms with Crippen LogP contribution >= 0.6 is 0 Å². The molecule has 0 unspecified atom stereocenters. The van der Waals surface area contributed by atoms with Crippen molar-refractivity contribution in [3.05, 3.63) is 35.4 Å². The first kappa shape index (κ1) is 12.3. The second-order valence-corrected chi connectivity index (χ2v) is 5.38. The van der Waals surface area contributed by atoms with Crippen LogP contribution in [-0.4, -0.2) is 18.4 Å². The Labute approximate surface area is 103 Å². The van der Waals surface area contributed by atoms with Gasteiger partial charge in [0.2, 0.25) is 0 Å². The Morgan fingerprint density at radius 1 is 1.41 bits per heavy atom. The molecule has 0 radical (unpaired) electrons. The van der Waals surface area contributed by atoms with Gasteiger partial charge in [0.25, 0.3) is 0 Å². The number of benzene rings is 1. The lowest BCUT2D eigenvalue weighted by Gasteiger charge is -2.07. The molecule has 1 saturated carbocycles. The van der Waals surface area contributed by atoms with Crippen LogP contribution in [0, 0.1) is 5.92 Å². The van der Waals surface area contributed by atoms with Crippen LogP contribution in [0.3, 0.4) is 0 Å². The topological polar surface area (TPSA) is 29.1 Å². The summed E-state index contributed by atoms with van der Waals surface area (Å²) in [4.78, 5) is 12.0. The third kappa shape index (κ3) is 3.97. The minimum atomic E-state index is 0.211. The molecule has 92 valence electrons. The molecule has 2 heteroatoms. The Morgan fingerprint density at radius 2 is 2.18 bits per heavy atom. The molecule has 0 heterocycles. The zero-order chi connectivity index (χ0) is 12.3. The van der Waals surface area contributed by atoms with Crippen LogP contribution in [0.5, 0.6) is 0 Å². The number of ketones is 1. The normalized spacial score (nSPS) is 15.2. The summed E-state index contributed by atoms with van der Waals surface area (Å²) in [6, 6.07) is 8.64. The molecule has 0 amide bonds. The molecule has 1 aliphatic rings. The lowest BCUT2D eigenvalue weighted by molar-refractivity contribution is 0.0990. The van der Waals surface area contributed by atoms with E-state index in [1.807, 2.05) is 18.2 Å². The van der Waals surface area contributed by atoms with E-state index >= 15 is 0 Å². The number of Topliss-reactive ketones (excluding diaryl/α,β-unsaturated/α-hetero) is 1.